The van der Waals surface area contributed by atoms with Crippen LogP contribution in [0.2, 0.25) is 0 Å². The molecule has 86 valence electrons. The normalized spacial score (nSPS) is 10.2. The van der Waals surface area contributed by atoms with Crippen LogP contribution < -0.4 is 11.1 Å². The van der Waals surface area contributed by atoms with E-state index in [0.29, 0.717) is 5.56 Å². The van der Waals surface area contributed by atoms with E-state index in [-0.39, 0.29) is 23.3 Å². The van der Waals surface area contributed by atoms with Gasteiger partial charge in [0, 0.05) is 11.5 Å². The number of rotatable bonds is 3. The number of halogens is 1. The number of carbonyl (C=O) groups is 1. The molecular weight excluding hydrogens is 209 g/mol. The Hall–Kier alpha value is -1.91. The van der Waals surface area contributed by atoms with Gasteiger partial charge in [0.25, 0.3) is 0 Å². The third-order valence-electron chi connectivity index (χ3n) is 2.06. The van der Waals surface area contributed by atoms with Crippen LogP contribution in [0.5, 0.6) is 0 Å². The van der Waals surface area contributed by atoms with E-state index in [1.807, 2.05) is 0 Å². The van der Waals surface area contributed by atoms with Gasteiger partial charge in [-0.05, 0) is 18.2 Å². The highest BCUT2D eigenvalue weighted by Gasteiger charge is 2.11. The predicted molar refractivity (Wildman–Crippen MR) is 60.9 cm³/mol. The molecule has 1 amide bonds. The van der Waals surface area contributed by atoms with E-state index < -0.39 is 5.82 Å². The van der Waals surface area contributed by atoms with Crippen molar-refractivity contribution in [1.29, 1.82) is 5.41 Å². The molecule has 4 nitrogen and oxygen atoms in total. The van der Waals surface area contributed by atoms with Crippen molar-refractivity contribution >= 4 is 17.4 Å². The lowest BCUT2D eigenvalue weighted by Gasteiger charge is -2.09. The van der Waals surface area contributed by atoms with E-state index in [9.17, 15) is 9.18 Å². The number of nitrogen functional groups attached to an aromatic ring is 1. The monoisotopic (exact) mass is 223 g/mol. The fourth-order valence-electron chi connectivity index (χ4n) is 1.06. The molecule has 0 heterocycles. The molecule has 16 heavy (non-hydrogen) atoms. The zero-order valence-corrected chi connectivity index (χ0v) is 9.17. The van der Waals surface area contributed by atoms with Gasteiger partial charge in [-0.3, -0.25) is 10.2 Å². The number of nitrogens with two attached hydrogens (primary N) is 1. The average molecular weight is 223 g/mol. The standard InChI is InChI=1S/C11H14FN3O/c1-6(2)11(16)15-9-4-3-7(10(13)14)5-8(9)12/h3-6H,1-2H3,(H3,13,14)(H,15,16). The molecule has 0 fully saturated rings. The summed E-state index contributed by atoms with van der Waals surface area (Å²) in [6, 6.07) is 4.01. The van der Waals surface area contributed by atoms with Crippen molar-refractivity contribution in [3.05, 3.63) is 29.6 Å². The summed E-state index contributed by atoms with van der Waals surface area (Å²) < 4.78 is 13.5. The van der Waals surface area contributed by atoms with Gasteiger partial charge in [0.2, 0.25) is 5.91 Å². The smallest absolute Gasteiger partial charge is 0.227 e. The first-order valence-corrected chi connectivity index (χ1v) is 4.86. The van der Waals surface area contributed by atoms with Crippen LogP contribution in [0, 0.1) is 17.1 Å². The van der Waals surface area contributed by atoms with Gasteiger partial charge in [0.1, 0.15) is 11.7 Å². The van der Waals surface area contributed by atoms with Gasteiger partial charge in [-0.15, -0.1) is 0 Å². The maximum atomic E-state index is 13.5. The molecule has 0 aromatic heterocycles. The van der Waals surface area contributed by atoms with Crippen LogP contribution in [0.3, 0.4) is 0 Å². The summed E-state index contributed by atoms with van der Waals surface area (Å²) in [4.78, 5) is 11.3. The van der Waals surface area contributed by atoms with Crippen LogP contribution in [0.1, 0.15) is 19.4 Å². The van der Waals surface area contributed by atoms with Crippen molar-refractivity contribution in [3.63, 3.8) is 0 Å². The molecule has 0 aliphatic heterocycles. The lowest BCUT2D eigenvalue weighted by atomic mass is 10.1. The van der Waals surface area contributed by atoms with E-state index in [4.69, 9.17) is 11.1 Å². The molecule has 0 saturated heterocycles. The topological polar surface area (TPSA) is 79.0 Å². The number of carbonyl (C=O) groups excluding carboxylic acids is 1. The molecule has 0 aliphatic rings. The van der Waals surface area contributed by atoms with E-state index in [2.05, 4.69) is 5.32 Å². The zero-order valence-electron chi connectivity index (χ0n) is 9.17. The Balaban J connectivity index is 2.91. The second-order valence-electron chi connectivity index (χ2n) is 3.75. The minimum Gasteiger partial charge on any atom is -0.384 e. The fraction of sp³-hybridized carbons (Fsp3) is 0.273. The highest BCUT2D eigenvalue weighted by Crippen LogP contribution is 2.16. The van der Waals surface area contributed by atoms with Crippen molar-refractivity contribution < 1.29 is 9.18 Å². The molecule has 0 aliphatic carbocycles. The third-order valence-corrected chi connectivity index (χ3v) is 2.06. The third kappa shape index (κ3) is 2.79. The van der Waals surface area contributed by atoms with Crippen molar-refractivity contribution in [3.8, 4) is 0 Å². The summed E-state index contributed by atoms with van der Waals surface area (Å²) in [5.41, 5.74) is 5.60. The minimum absolute atomic E-state index is 0.101. The van der Waals surface area contributed by atoms with E-state index in [1.54, 1.807) is 13.8 Å². The maximum Gasteiger partial charge on any atom is 0.227 e. The molecule has 0 atom stereocenters. The summed E-state index contributed by atoms with van der Waals surface area (Å²) in [6.45, 7) is 3.44. The molecule has 4 N–H and O–H groups in total. The summed E-state index contributed by atoms with van der Waals surface area (Å²) in [5, 5.41) is 9.59. The van der Waals surface area contributed by atoms with Crippen LogP contribution in [-0.4, -0.2) is 11.7 Å². The lowest BCUT2D eigenvalue weighted by molar-refractivity contribution is -0.118. The Morgan fingerprint density at radius 1 is 1.50 bits per heavy atom. The first-order chi connectivity index (χ1) is 7.41. The molecule has 0 spiro atoms. The summed E-state index contributed by atoms with van der Waals surface area (Å²) >= 11 is 0. The quantitative estimate of drug-likeness (QED) is 0.538. The van der Waals surface area contributed by atoms with Gasteiger partial charge in [-0.25, -0.2) is 4.39 Å². The molecule has 5 heteroatoms. The fourth-order valence-corrected chi connectivity index (χ4v) is 1.06. The SMILES string of the molecule is CC(C)C(=O)Nc1ccc(C(=N)N)cc1F. The number of anilines is 1. The second kappa shape index (κ2) is 4.74. The Morgan fingerprint density at radius 2 is 2.12 bits per heavy atom. The van der Waals surface area contributed by atoms with Crippen molar-refractivity contribution in [2.75, 3.05) is 5.32 Å². The van der Waals surface area contributed by atoms with Crippen LogP contribution >= 0.6 is 0 Å². The zero-order chi connectivity index (χ0) is 12.3. The largest absolute Gasteiger partial charge is 0.384 e. The molecule has 1 aromatic rings. The van der Waals surface area contributed by atoms with Gasteiger partial charge in [-0.1, -0.05) is 13.8 Å². The number of nitrogens with one attached hydrogen (secondary N) is 2. The predicted octanol–water partition coefficient (Wildman–Crippen LogP) is 1.70. The summed E-state index contributed by atoms with van der Waals surface area (Å²) in [5.74, 6) is -1.27. The summed E-state index contributed by atoms with van der Waals surface area (Å²) in [7, 11) is 0. The maximum absolute atomic E-state index is 13.5. The van der Waals surface area contributed by atoms with E-state index in [0.717, 1.165) is 6.07 Å². The molecule has 0 unspecified atom stereocenters. The van der Waals surface area contributed by atoms with Crippen LogP contribution in [0.25, 0.3) is 0 Å². The highest BCUT2D eigenvalue weighted by atomic mass is 19.1. The Labute approximate surface area is 93.2 Å². The molecule has 0 saturated carbocycles. The Morgan fingerprint density at radius 3 is 2.56 bits per heavy atom. The van der Waals surface area contributed by atoms with Gasteiger partial charge in [0.15, 0.2) is 0 Å². The number of hydrogen-bond donors (Lipinski definition) is 3. The van der Waals surface area contributed by atoms with Gasteiger partial charge >= 0.3 is 0 Å². The lowest BCUT2D eigenvalue weighted by Crippen LogP contribution is -2.19. The second-order valence-corrected chi connectivity index (χ2v) is 3.75. The molecule has 0 bridgehead atoms. The van der Waals surface area contributed by atoms with Gasteiger partial charge in [-0.2, -0.15) is 0 Å². The minimum atomic E-state index is -0.596. The first-order valence-electron chi connectivity index (χ1n) is 4.86. The highest BCUT2D eigenvalue weighted by molar-refractivity contribution is 5.96. The number of amidine groups is 1. The molecule has 1 aromatic carbocycles. The van der Waals surface area contributed by atoms with Gasteiger partial charge in [0.05, 0.1) is 5.69 Å². The van der Waals surface area contributed by atoms with Crippen LogP contribution in [0.4, 0.5) is 10.1 Å². The number of benzene rings is 1. The molecular formula is C11H14FN3O. The average Bonchev–Trinajstić information content (AvgIpc) is 2.20. The van der Waals surface area contributed by atoms with Crippen molar-refractivity contribution in [2.45, 2.75) is 13.8 Å². The van der Waals surface area contributed by atoms with E-state index in [1.165, 1.54) is 12.1 Å². The van der Waals surface area contributed by atoms with E-state index >= 15 is 0 Å². The number of amides is 1. The molecule has 1 rings (SSSR count). The summed E-state index contributed by atoms with van der Waals surface area (Å²) in [6.07, 6.45) is 0. The van der Waals surface area contributed by atoms with Crippen molar-refractivity contribution in [2.24, 2.45) is 11.7 Å². The number of hydrogen-bond acceptors (Lipinski definition) is 2. The first kappa shape index (κ1) is 12.2. The molecule has 0 radical (unpaired) electrons. The van der Waals surface area contributed by atoms with Crippen LogP contribution in [-0.2, 0) is 4.79 Å². The van der Waals surface area contributed by atoms with Gasteiger partial charge < -0.3 is 11.1 Å². The van der Waals surface area contributed by atoms with Crippen LogP contribution in [0.15, 0.2) is 18.2 Å². The van der Waals surface area contributed by atoms with Crippen molar-refractivity contribution in [1.82, 2.24) is 0 Å². The Kier molecular flexibility index (Phi) is 3.60. The Bertz CT molecular complexity index is 429.